The molecular formula is C16H17ClN4O2. The van der Waals surface area contributed by atoms with Crippen molar-refractivity contribution in [2.24, 2.45) is 11.7 Å². The number of aromatic nitrogens is 2. The summed E-state index contributed by atoms with van der Waals surface area (Å²) in [7, 11) is 0. The van der Waals surface area contributed by atoms with Gasteiger partial charge in [0.25, 0.3) is 5.91 Å². The van der Waals surface area contributed by atoms with E-state index in [0.717, 1.165) is 11.3 Å². The summed E-state index contributed by atoms with van der Waals surface area (Å²) >= 11 is 6.00. The van der Waals surface area contributed by atoms with Gasteiger partial charge in [0.05, 0.1) is 16.7 Å². The Morgan fingerprint density at radius 2 is 2.17 bits per heavy atom. The summed E-state index contributed by atoms with van der Waals surface area (Å²) in [4.78, 5) is 16.2. The molecule has 0 bridgehead atoms. The largest absolute Gasteiger partial charge is 0.388 e. The van der Waals surface area contributed by atoms with Crippen molar-refractivity contribution >= 4 is 40.1 Å². The lowest BCUT2D eigenvalue weighted by atomic mass is 9.91. The van der Waals surface area contributed by atoms with Gasteiger partial charge in [-0.05, 0) is 18.6 Å². The van der Waals surface area contributed by atoms with Crippen LogP contribution < -0.4 is 11.5 Å². The van der Waals surface area contributed by atoms with Crippen LogP contribution in [0.4, 0.5) is 5.82 Å². The average Bonchev–Trinajstić information content (AvgIpc) is 2.75. The lowest BCUT2D eigenvalue weighted by molar-refractivity contribution is 0.100. The minimum Gasteiger partial charge on any atom is -0.388 e. The van der Waals surface area contributed by atoms with Gasteiger partial charge in [0.1, 0.15) is 11.5 Å². The minimum absolute atomic E-state index is 0.187. The zero-order valence-electron chi connectivity index (χ0n) is 12.7. The Morgan fingerprint density at radius 3 is 2.83 bits per heavy atom. The Hall–Kier alpha value is -2.31. The topological polar surface area (TPSA) is 107 Å². The normalized spacial score (nSPS) is 21.2. The summed E-state index contributed by atoms with van der Waals surface area (Å²) < 4.78 is 1.68. The number of hydrogen-bond acceptors (Lipinski definition) is 4. The van der Waals surface area contributed by atoms with Crippen molar-refractivity contribution in [1.82, 2.24) is 9.55 Å². The number of carbonyl (C=O) groups is 1. The molecule has 2 atom stereocenters. The Kier molecular flexibility index (Phi) is 3.66. The molecule has 3 rings (SSSR count). The Labute approximate surface area is 138 Å². The van der Waals surface area contributed by atoms with Gasteiger partial charge in [-0.25, -0.2) is 4.98 Å². The number of carbonyl (C=O) groups excluding carboxylic acids is 1. The molecule has 0 fully saturated rings. The maximum atomic E-state index is 11.8. The van der Waals surface area contributed by atoms with Gasteiger partial charge < -0.3 is 16.6 Å². The van der Waals surface area contributed by atoms with Crippen molar-refractivity contribution in [2.45, 2.75) is 20.0 Å². The van der Waals surface area contributed by atoms with E-state index >= 15 is 0 Å². The summed E-state index contributed by atoms with van der Waals surface area (Å²) in [6.07, 6.45) is 4.39. The zero-order chi connectivity index (χ0) is 16.9. The van der Waals surface area contributed by atoms with Crippen molar-refractivity contribution < 1.29 is 9.90 Å². The number of pyridine rings is 1. The Balaban J connectivity index is 2.41. The van der Waals surface area contributed by atoms with Crippen LogP contribution in [0.1, 0.15) is 24.2 Å². The number of anilines is 1. The lowest BCUT2D eigenvalue weighted by Crippen LogP contribution is -2.24. The van der Waals surface area contributed by atoms with Crippen molar-refractivity contribution in [3.63, 3.8) is 0 Å². The van der Waals surface area contributed by atoms with Crippen LogP contribution >= 0.6 is 11.6 Å². The maximum Gasteiger partial charge on any atom is 0.253 e. The molecule has 1 amide bonds. The van der Waals surface area contributed by atoms with Gasteiger partial charge in [0.2, 0.25) is 0 Å². The molecule has 0 aromatic carbocycles. The van der Waals surface area contributed by atoms with E-state index in [2.05, 4.69) is 4.98 Å². The molecule has 2 heterocycles. The Bertz CT molecular complexity index is 882. The third-order valence-corrected chi connectivity index (χ3v) is 4.40. The van der Waals surface area contributed by atoms with Crippen LogP contribution in [0.15, 0.2) is 30.0 Å². The molecule has 0 unspecified atom stereocenters. The van der Waals surface area contributed by atoms with E-state index in [0.29, 0.717) is 16.1 Å². The van der Waals surface area contributed by atoms with E-state index in [1.807, 2.05) is 19.9 Å². The number of allylic oxidation sites excluding steroid dienone is 2. The number of halogens is 1. The summed E-state index contributed by atoms with van der Waals surface area (Å²) in [5.74, 6) is -0.657. The van der Waals surface area contributed by atoms with Crippen LogP contribution in [0.2, 0.25) is 5.02 Å². The second-order valence-electron chi connectivity index (χ2n) is 5.69. The van der Waals surface area contributed by atoms with Crippen LogP contribution in [0.3, 0.4) is 0 Å². The first kappa shape index (κ1) is 15.6. The molecule has 1 aliphatic rings. The molecule has 7 heteroatoms. The summed E-state index contributed by atoms with van der Waals surface area (Å²) in [5.41, 5.74) is 14.1. The second-order valence-corrected chi connectivity index (χ2v) is 6.13. The summed E-state index contributed by atoms with van der Waals surface area (Å²) in [6, 6.07) is 1.62. The van der Waals surface area contributed by atoms with Crippen LogP contribution in [-0.4, -0.2) is 26.7 Å². The van der Waals surface area contributed by atoms with Crippen LogP contribution in [0.25, 0.3) is 16.7 Å². The number of rotatable bonds is 2. The van der Waals surface area contributed by atoms with Crippen molar-refractivity contribution in [3.05, 3.63) is 40.6 Å². The molecule has 0 aliphatic heterocycles. The predicted molar refractivity (Wildman–Crippen MR) is 90.9 cm³/mol. The number of hydrogen-bond donors (Lipinski definition) is 3. The van der Waals surface area contributed by atoms with Gasteiger partial charge in [-0.15, -0.1) is 0 Å². The van der Waals surface area contributed by atoms with E-state index in [1.54, 1.807) is 16.7 Å². The van der Waals surface area contributed by atoms with Crippen molar-refractivity contribution in [2.75, 3.05) is 5.73 Å². The summed E-state index contributed by atoms with van der Waals surface area (Å²) in [6.45, 7) is 3.80. The third-order valence-electron chi connectivity index (χ3n) is 4.19. The fraction of sp³-hybridized carbons (Fsp3) is 0.250. The number of nitrogens with zero attached hydrogens (tertiary/aromatic N) is 2. The number of fused-ring (bicyclic) bond motifs is 1. The van der Waals surface area contributed by atoms with Gasteiger partial charge >= 0.3 is 0 Å². The highest BCUT2D eigenvalue weighted by Gasteiger charge is 2.29. The molecule has 0 spiro atoms. The zero-order valence-corrected chi connectivity index (χ0v) is 13.5. The molecule has 2 aromatic rings. The molecular weight excluding hydrogens is 316 g/mol. The van der Waals surface area contributed by atoms with Gasteiger partial charge in [-0.2, -0.15) is 0 Å². The van der Waals surface area contributed by atoms with Crippen molar-refractivity contribution in [3.8, 4) is 0 Å². The van der Waals surface area contributed by atoms with Gasteiger partial charge in [-0.3, -0.25) is 9.36 Å². The smallest absolute Gasteiger partial charge is 0.253 e. The van der Waals surface area contributed by atoms with Gasteiger partial charge in [0, 0.05) is 23.2 Å². The minimum atomic E-state index is -0.645. The quantitative estimate of drug-likeness (QED) is 0.783. The van der Waals surface area contributed by atoms with E-state index in [1.165, 1.54) is 6.20 Å². The number of aliphatic hydroxyl groups is 1. The third kappa shape index (κ3) is 2.31. The molecule has 6 nitrogen and oxygen atoms in total. The first-order valence-corrected chi connectivity index (χ1v) is 7.53. The molecule has 0 saturated heterocycles. The average molecular weight is 333 g/mol. The first-order chi connectivity index (χ1) is 10.8. The number of aliphatic hydroxyl groups excluding tert-OH is 1. The van der Waals surface area contributed by atoms with E-state index < -0.39 is 12.0 Å². The fourth-order valence-electron chi connectivity index (χ4n) is 3.06. The number of nitrogens with two attached hydrogens (primary N) is 2. The van der Waals surface area contributed by atoms with Crippen LogP contribution in [0, 0.1) is 5.92 Å². The first-order valence-electron chi connectivity index (χ1n) is 7.15. The number of nitrogen functional groups attached to an aromatic ring is 1. The van der Waals surface area contributed by atoms with Gasteiger partial charge in [0.15, 0.2) is 0 Å². The van der Waals surface area contributed by atoms with E-state index in [-0.39, 0.29) is 17.3 Å². The monoisotopic (exact) mass is 332 g/mol. The second kappa shape index (κ2) is 5.40. The van der Waals surface area contributed by atoms with Crippen molar-refractivity contribution in [1.29, 1.82) is 0 Å². The standard InChI is InChI=1S/C16H17ClN4O2/c1-7-3-4-11(22)8(2)13(7)21-14(18)12(15(19)23)10-5-9(17)6-20-16(10)21/h3-6,8,11,22H,18H2,1-2H3,(H2,19,23)/t8-,11-/m1/s1. The molecule has 120 valence electrons. The predicted octanol–water partition coefficient (Wildman–Crippen LogP) is 2.17. The highest BCUT2D eigenvalue weighted by molar-refractivity contribution is 6.31. The highest BCUT2D eigenvalue weighted by atomic mass is 35.5. The molecule has 0 radical (unpaired) electrons. The van der Waals surface area contributed by atoms with Crippen LogP contribution in [-0.2, 0) is 0 Å². The molecule has 1 aliphatic carbocycles. The maximum absolute atomic E-state index is 11.8. The SMILES string of the molecule is CC1=C(n2c(N)c(C(N)=O)c3cc(Cl)cnc32)[C@H](C)[C@H](O)C=C1. The molecule has 2 aromatic heterocycles. The van der Waals surface area contributed by atoms with E-state index in [9.17, 15) is 9.90 Å². The lowest BCUT2D eigenvalue weighted by Gasteiger charge is -2.27. The summed E-state index contributed by atoms with van der Waals surface area (Å²) in [5, 5.41) is 11.0. The molecule has 0 saturated carbocycles. The van der Waals surface area contributed by atoms with Crippen LogP contribution in [0.5, 0.6) is 0 Å². The highest BCUT2D eigenvalue weighted by Crippen LogP contribution is 2.37. The Morgan fingerprint density at radius 1 is 1.48 bits per heavy atom. The van der Waals surface area contributed by atoms with E-state index in [4.69, 9.17) is 23.1 Å². The molecule has 23 heavy (non-hydrogen) atoms. The van der Waals surface area contributed by atoms with Gasteiger partial charge in [-0.1, -0.05) is 30.7 Å². The number of primary amides is 1. The fourth-order valence-corrected chi connectivity index (χ4v) is 3.21. The molecule has 5 N–H and O–H groups in total. The number of amides is 1.